The molecule has 6 heteroatoms. The van der Waals surface area contributed by atoms with E-state index in [-0.39, 0.29) is 13.0 Å². The first-order valence-electron chi connectivity index (χ1n) is 7.47. The van der Waals surface area contributed by atoms with Crippen LogP contribution in [0.2, 0.25) is 0 Å². The molecule has 0 aliphatic heterocycles. The van der Waals surface area contributed by atoms with Crippen LogP contribution in [-0.4, -0.2) is 22.9 Å². The zero-order valence-corrected chi connectivity index (χ0v) is 14.1. The van der Waals surface area contributed by atoms with Gasteiger partial charge in [-0.3, -0.25) is 10.1 Å². The van der Waals surface area contributed by atoms with Gasteiger partial charge in [0, 0.05) is 10.6 Å². The fourth-order valence-corrected chi connectivity index (χ4v) is 3.01. The first-order valence-corrected chi connectivity index (χ1v) is 8.46. The number of aryl methyl sites for hydroxylation is 1. The molecule has 0 bridgehead atoms. The molecule has 126 valence electrons. The summed E-state index contributed by atoms with van der Waals surface area (Å²) in [5.41, 5.74) is 2.57. The minimum Gasteiger partial charge on any atom is -0.481 e. The number of carbonyl (C=O) groups is 2. The van der Waals surface area contributed by atoms with E-state index in [9.17, 15) is 9.59 Å². The molecule has 0 atom stereocenters. The van der Waals surface area contributed by atoms with E-state index in [2.05, 4.69) is 5.32 Å². The number of carbonyl (C=O) groups excluding carboxylic acids is 1. The first-order chi connectivity index (χ1) is 11.5. The van der Waals surface area contributed by atoms with Gasteiger partial charge in [-0.15, -0.1) is 11.8 Å². The van der Waals surface area contributed by atoms with E-state index in [1.807, 2.05) is 49.4 Å². The Labute approximate surface area is 145 Å². The topological polar surface area (TPSA) is 75.6 Å². The molecule has 1 amide bonds. The number of carboxylic acid groups (broad SMARTS) is 1. The quantitative estimate of drug-likeness (QED) is 0.731. The SMILES string of the molecule is Cc1ccc(NC(=O)OCc2ccccc2)c(SCCC(=O)O)c1. The summed E-state index contributed by atoms with van der Waals surface area (Å²) >= 11 is 1.39. The van der Waals surface area contributed by atoms with E-state index in [4.69, 9.17) is 9.84 Å². The van der Waals surface area contributed by atoms with E-state index in [1.54, 1.807) is 6.07 Å². The molecule has 2 aromatic rings. The highest BCUT2D eigenvalue weighted by Gasteiger charge is 2.10. The second-order valence-corrected chi connectivity index (χ2v) is 6.32. The van der Waals surface area contributed by atoms with Crippen molar-refractivity contribution < 1.29 is 19.4 Å². The predicted octanol–water partition coefficient (Wildman–Crippen LogP) is 4.31. The highest BCUT2D eigenvalue weighted by atomic mass is 32.2. The number of hydrogen-bond acceptors (Lipinski definition) is 4. The molecule has 0 saturated carbocycles. The number of nitrogens with one attached hydrogen (secondary N) is 1. The standard InChI is InChI=1S/C18H19NO4S/c1-13-7-8-15(16(11-13)24-10-9-17(20)21)19-18(22)23-12-14-5-3-2-4-6-14/h2-8,11H,9-10,12H2,1H3,(H,19,22)(H,20,21). The van der Waals surface area contributed by atoms with Crippen LogP contribution in [0.25, 0.3) is 0 Å². The van der Waals surface area contributed by atoms with Crippen LogP contribution in [-0.2, 0) is 16.1 Å². The third-order valence-electron chi connectivity index (χ3n) is 3.16. The van der Waals surface area contributed by atoms with Crippen molar-refractivity contribution in [2.45, 2.75) is 24.8 Å². The molecule has 2 N–H and O–H groups in total. The molecule has 0 aliphatic carbocycles. The summed E-state index contributed by atoms with van der Waals surface area (Å²) in [6.07, 6.45) is -0.473. The lowest BCUT2D eigenvalue weighted by Crippen LogP contribution is -2.14. The van der Waals surface area contributed by atoms with Gasteiger partial charge in [-0.05, 0) is 30.2 Å². The van der Waals surface area contributed by atoms with Gasteiger partial charge in [0.15, 0.2) is 0 Å². The summed E-state index contributed by atoms with van der Waals surface area (Å²) in [6, 6.07) is 15.0. The van der Waals surface area contributed by atoms with Crippen molar-refractivity contribution in [3.8, 4) is 0 Å². The Morgan fingerprint density at radius 3 is 2.62 bits per heavy atom. The summed E-state index contributed by atoms with van der Waals surface area (Å²) in [5, 5.41) is 11.5. The van der Waals surface area contributed by atoms with E-state index < -0.39 is 12.1 Å². The van der Waals surface area contributed by atoms with Gasteiger partial charge in [0.25, 0.3) is 0 Å². The molecule has 0 aromatic heterocycles. The minimum atomic E-state index is -0.841. The number of hydrogen-bond donors (Lipinski definition) is 2. The summed E-state index contributed by atoms with van der Waals surface area (Å²) in [7, 11) is 0. The number of thioether (sulfide) groups is 1. The number of benzene rings is 2. The van der Waals surface area contributed by atoms with E-state index in [0.717, 1.165) is 16.0 Å². The van der Waals surface area contributed by atoms with Crippen LogP contribution in [0.4, 0.5) is 10.5 Å². The summed E-state index contributed by atoms with van der Waals surface area (Å²) in [5.74, 6) is -0.404. The highest BCUT2D eigenvalue weighted by Crippen LogP contribution is 2.29. The third-order valence-corrected chi connectivity index (χ3v) is 4.22. The van der Waals surface area contributed by atoms with Gasteiger partial charge in [0.05, 0.1) is 12.1 Å². The fraction of sp³-hybridized carbons (Fsp3) is 0.222. The molecule has 0 aliphatic rings. The molecule has 5 nitrogen and oxygen atoms in total. The number of amides is 1. The average molecular weight is 345 g/mol. The Morgan fingerprint density at radius 1 is 1.17 bits per heavy atom. The second-order valence-electron chi connectivity index (χ2n) is 5.18. The van der Waals surface area contributed by atoms with Crippen molar-refractivity contribution in [3.63, 3.8) is 0 Å². The Bertz CT molecular complexity index is 703. The molecule has 0 radical (unpaired) electrons. The van der Waals surface area contributed by atoms with Gasteiger partial charge < -0.3 is 9.84 Å². The highest BCUT2D eigenvalue weighted by molar-refractivity contribution is 7.99. The van der Waals surface area contributed by atoms with E-state index in [1.165, 1.54) is 11.8 Å². The van der Waals surface area contributed by atoms with Crippen LogP contribution in [0.15, 0.2) is 53.4 Å². The van der Waals surface area contributed by atoms with Crippen molar-refractivity contribution in [3.05, 3.63) is 59.7 Å². The van der Waals surface area contributed by atoms with Crippen molar-refractivity contribution in [2.24, 2.45) is 0 Å². The predicted molar refractivity (Wildman–Crippen MR) is 94.4 cm³/mol. The van der Waals surface area contributed by atoms with Gasteiger partial charge in [-0.25, -0.2) is 4.79 Å². The van der Waals surface area contributed by atoms with Gasteiger partial charge in [-0.2, -0.15) is 0 Å². The summed E-state index contributed by atoms with van der Waals surface area (Å²) in [4.78, 5) is 23.4. The number of ether oxygens (including phenoxy) is 1. The van der Waals surface area contributed by atoms with Crippen LogP contribution in [0, 0.1) is 6.92 Å². The molecule has 0 heterocycles. The maximum Gasteiger partial charge on any atom is 0.411 e. The Hall–Kier alpha value is -2.47. The molecule has 2 aromatic carbocycles. The fourth-order valence-electron chi connectivity index (χ4n) is 1.97. The van der Waals surface area contributed by atoms with Crippen LogP contribution in [0.3, 0.4) is 0 Å². The van der Waals surface area contributed by atoms with Crippen LogP contribution in [0.5, 0.6) is 0 Å². The zero-order valence-electron chi connectivity index (χ0n) is 13.3. The van der Waals surface area contributed by atoms with Gasteiger partial charge in [0.2, 0.25) is 0 Å². The Kier molecular flexibility index (Phi) is 6.69. The summed E-state index contributed by atoms with van der Waals surface area (Å²) in [6.45, 7) is 2.14. The van der Waals surface area contributed by atoms with Crippen molar-refractivity contribution >= 4 is 29.5 Å². The molecule has 0 unspecified atom stereocenters. The number of carboxylic acids is 1. The lowest BCUT2D eigenvalue weighted by molar-refractivity contribution is -0.136. The minimum absolute atomic E-state index is 0.0660. The van der Waals surface area contributed by atoms with Crippen LogP contribution < -0.4 is 5.32 Å². The zero-order chi connectivity index (χ0) is 17.4. The van der Waals surface area contributed by atoms with E-state index >= 15 is 0 Å². The molecule has 0 spiro atoms. The Balaban J connectivity index is 1.94. The third kappa shape index (κ3) is 5.96. The number of aliphatic carboxylic acids is 1. The maximum absolute atomic E-state index is 12.0. The monoisotopic (exact) mass is 345 g/mol. The smallest absolute Gasteiger partial charge is 0.411 e. The maximum atomic E-state index is 12.0. The van der Waals surface area contributed by atoms with Crippen LogP contribution >= 0.6 is 11.8 Å². The van der Waals surface area contributed by atoms with Gasteiger partial charge >= 0.3 is 12.1 Å². The van der Waals surface area contributed by atoms with Gasteiger partial charge in [-0.1, -0.05) is 36.4 Å². The van der Waals surface area contributed by atoms with Gasteiger partial charge in [0.1, 0.15) is 6.61 Å². The number of rotatable bonds is 7. The van der Waals surface area contributed by atoms with Crippen molar-refractivity contribution in [1.29, 1.82) is 0 Å². The summed E-state index contributed by atoms with van der Waals surface area (Å²) < 4.78 is 5.21. The largest absolute Gasteiger partial charge is 0.481 e. The van der Waals surface area contributed by atoms with E-state index in [0.29, 0.717) is 11.4 Å². The lowest BCUT2D eigenvalue weighted by Gasteiger charge is -2.12. The van der Waals surface area contributed by atoms with Crippen molar-refractivity contribution in [2.75, 3.05) is 11.1 Å². The molecular formula is C18H19NO4S. The molecule has 24 heavy (non-hydrogen) atoms. The van der Waals surface area contributed by atoms with Crippen LogP contribution in [0.1, 0.15) is 17.5 Å². The van der Waals surface area contributed by atoms with Crippen molar-refractivity contribution in [1.82, 2.24) is 0 Å². The molecule has 0 saturated heterocycles. The second kappa shape index (κ2) is 8.98. The molecular weight excluding hydrogens is 326 g/mol. The molecule has 0 fully saturated rings. The first kappa shape index (κ1) is 17.9. The number of anilines is 1. The Morgan fingerprint density at radius 2 is 1.92 bits per heavy atom. The normalized spacial score (nSPS) is 10.2. The molecule has 2 rings (SSSR count). The lowest BCUT2D eigenvalue weighted by atomic mass is 10.2. The average Bonchev–Trinajstić information content (AvgIpc) is 2.56.